The fourth-order valence-electron chi connectivity index (χ4n) is 1.79. The second-order valence-corrected chi connectivity index (χ2v) is 6.58. The molecule has 0 bridgehead atoms. The first kappa shape index (κ1) is 19.1. The molecule has 9 heteroatoms. The normalized spacial score (nSPS) is 10.7. The van der Waals surface area contributed by atoms with Crippen LogP contribution in [-0.2, 0) is 4.79 Å². The third-order valence-corrected chi connectivity index (χ3v) is 4.01. The number of carbonyl (C=O) groups excluding carboxylic acids is 2. The van der Waals surface area contributed by atoms with Crippen LogP contribution in [0.15, 0.2) is 50.4 Å². The van der Waals surface area contributed by atoms with Gasteiger partial charge in [0, 0.05) is 15.6 Å². The molecule has 0 aromatic heterocycles. The van der Waals surface area contributed by atoms with Crippen LogP contribution in [0.25, 0.3) is 0 Å². The zero-order valence-electron chi connectivity index (χ0n) is 12.6. The summed E-state index contributed by atoms with van der Waals surface area (Å²) in [7, 11) is 0. The summed E-state index contributed by atoms with van der Waals surface area (Å²) in [5, 5.41) is 15.9. The van der Waals surface area contributed by atoms with Gasteiger partial charge in [-0.15, -0.1) is 0 Å². The standard InChI is InChI=1S/C16H12Br2FN3O3/c17-11-4-10(15(24)13(18)6-11)7-21-22-14(23)8-20-16(25)9-2-1-3-12(19)5-9/h1-7,24H,8H2,(H,20,25)(H,22,23). The molecule has 0 fully saturated rings. The van der Waals surface area contributed by atoms with Gasteiger partial charge in [0.25, 0.3) is 11.8 Å². The van der Waals surface area contributed by atoms with Crippen molar-refractivity contribution in [1.82, 2.24) is 10.7 Å². The molecule has 0 atom stereocenters. The number of aromatic hydroxyl groups is 1. The minimum Gasteiger partial charge on any atom is -0.506 e. The number of amides is 2. The second-order valence-electron chi connectivity index (χ2n) is 4.81. The van der Waals surface area contributed by atoms with Gasteiger partial charge >= 0.3 is 0 Å². The Morgan fingerprint density at radius 1 is 1.24 bits per heavy atom. The van der Waals surface area contributed by atoms with Gasteiger partial charge in [-0.2, -0.15) is 5.10 Å². The third kappa shape index (κ3) is 5.64. The van der Waals surface area contributed by atoms with Gasteiger partial charge in [0.15, 0.2) is 0 Å². The van der Waals surface area contributed by atoms with Crippen molar-refractivity contribution in [2.75, 3.05) is 6.54 Å². The second kappa shape index (κ2) is 8.72. The van der Waals surface area contributed by atoms with Gasteiger partial charge in [0.2, 0.25) is 0 Å². The number of rotatable bonds is 5. The highest BCUT2D eigenvalue weighted by Crippen LogP contribution is 2.30. The van der Waals surface area contributed by atoms with Gasteiger partial charge in [0.1, 0.15) is 11.6 Å². The van der Waals surface area contributed by atoms with Gasteiger partial charge in [-0.05, 0) is 46.3 Å². The topological polar surface area (TPSA) is 90.8 Å². The van der Waals surface area contributed by atoms with Crippen LogP contribution in [0.1, 0.15) is 15.9 Å². The fourth-order valence-corrected chi connectivity index (χ4v) is 3.05. The highest BCUT2D eigenvalue weighted by atomic mass is 79.9. The van der Waals surface area contributed by atoms with Crippen LogP contribution in [0.4, 0.5) is 4.39 Å². The summed E-state index contributed by atoms with van der Waals surface area (Å²) < 4.78 is 14.2. The van der Waals surface area contributed by atoms with E-state index in [0.717, 1.165) is 6.07 Å². The number of hydrazone groups is 1. The van der Waals surface area contributed by atoms with Crippen molar-refractivity contribution in [3.8, 4) is 5.75 Å². The smallest absolute Gasteiger partial charge is 0.259 e. The lowest BCUT2D eigenvalue weighted by Crippen LogP contribution is -2.34. The zero-order valence-corrected chi connectivity index (χ0v) is 15.8. The van der Waals surface area contributed by atoms with Crippen LogP contribution in [0.2, 0.25) is 0 Å². The largest absolute Gasteiger partial charge is 0.506 e. The van der Waals surface area contributed by atoms with E-state index in [1.165, 1.54) is 24.4 Å². The molecule has 0 saturated heterocycles. The molecular weight excluding hydrogens is 461 g/mol. The van der Waals surface area contributed by atoms with E-state index in [2.05, 4.69) is 47.7 Å². The average Bonchev–Trinajstić information content (AvgIpc) is 2.57. The van der Waals surface area contributed by atoms with Crippen LogP contribution in [0.5, 0.6) is 5.75 Å². The monoisotopic (exact) mass is 471 g/mol. The van der Waals surface area contributed by atoms with Crippen LogP contribution < -0.4 is 10.7 Å². The first-order valence-corrected chi connectivity index (χ1v) is 8.49. The lowest BCUT2D eigenvalue weighted by atomic mass is 10.2. The Labute approximate surface area is 159 Å². The number of halogens is 3. The summed E-state index contributed by atoms with van der Waals surface area (Å²) >= 11 is 6.45. The minimum absolute atomic E-state index is 0.0272. The van der Waals surface area contributed by atoms with E-state index >= 15 is 0 Å². The number of phenols is 1. The summed E-state index contributed by atoms with van der Waals surface area (Å²) in [5.41, 5.74) is 2.71. The molecule has 0 saturated carbocycles. The highest BCUT2D eigenvalue weighted by Gasteiger charge is 2.09. The summed E-state index contributed by atoms with van der Waals surface area (Å²) in [6.45, 7) is -0.332. The highest BCUT2D eigenvalue weighted by molar-refractivity contribution is 9.11. The molecule has 2 amide bonds. The molecule has 0 heterocycles. The Bertz CT molecular complexity index is 843. The van der Waals surface area contributed by atoms with Crippen LogP contribution in [0.3, 0.4) is 0 Å². The lowest BCUT2D eigenvalue weighted by molar-refractivity contribution is -0.120. The number of hydrogen-bond donors (Lipinski definition) is 3. The average molecular weight is 473 g/mol. The van der Waals surface area contributed by atoms with E-state index in [4.69, 9.17) is 0 Å². The van der Waals surface area contributed by atoms with Gasteiger partial charge in [0.05, 0.1) is 17.2 Å². The van der Waals surface area contributed by atoms with Crippen LogP contribution in [0, 0.1) is 5.82 Å². The number of carbonyl (C=O) groups is 2. The van der Waals surface area contributed by atoms with E-state index < -0.39 is 17.6 Å². The molecule has 0 aliphatic carbocycles. The molecule has 2 aromatic carbocycles. The van der Waals surface area contributed by atoms with E-state index in [0.29, 0.717) is 14.5 Å². The molecule has 0 unspecified atom stereocenters. The van der Waals surface area contributed by atoms with Crippen molar-refractivity contribution in [2.45, 2.75) is 0 Å². The molecule has 25 heavy (non-hydrogen) atoms. The van der Waals surface area contributed by atoms with Crippen molar-refractivity contribution in [3.05, 3.63) is 62.3 Å². The molecule has 0 spiro atoms. The van der Waals surface area contributed by atoms with Crippen molar-refractivity contribution in [1.29, 1.82) is 0 Å². The number of phenolic OH excluding ortho intramolecular Hbond substituents is 1. The van der Waals surface area contributed by atoms with E-state index in [-0.39, 0.29) is 17.9 Å². The molecule has 6 nitrogen and oxygen atoms in total. The van der Waals surface area contributed by atoms with E-state index in [1.807, 2.05) is 0 Å². The Kier molecular flexibility index (Phi) is 6.65. The number of nitrogens with one attached hydrogen (secondary N) is 2. The maximum Gasteiger partial charge on any atom is 0.259 e. The summed E-state index contributed by atoms with van der Waals surface area (Å²) in [6.07, 6.45) is 1.26. The first-order valence-electron chi connectivity index (χ1n) is 6.90. The van der Waals surface area contributed by atoms with Crippen molar-refractivity contribution in [2.24, 2.45) is 5.10 Å². The molecule has 2 rings (SSSR count). The van der Waals surface area contributed by atoms with E-state index in [9.17, 15) is 19.1 Å². The molecule has 0 radical (unpaired) electrons. The first-order chi connectivity index (χ1) is 11.9. The molecule has 0 aliphatic rings. The summed E-state index contributed by atoms with van der Waals surface area (Å²) in [5.74, 6) is -1.72. The van der Waals surface area contributed by atoms with Crippen molar-refractivity contribution in [3.63, 3.8) is 0 Å². The fraction of sp³-hybridized carbons (Fsp3) is 0.0625. The summed E-state index contributed by atoms with van der Waals surface area (Å²) in [4.78, 5) is 23.4. The van der Waals surface area contributed by atoms with Crippen LogP contribution >= 0.6 is 31.9 Å². The van der Waals surface area contributed by atoms with Crippen molar-refractivity contribution < 1.29 is 19.1 Å². The Morgan fingerprint density at radius 2 is 2.00 bits per heavy atom. The van der Waals surface area contributed by atoms with Gasteiger partial charge in [-0.1, -0.05) is 22.0 Å². The predicted octanol–water partition coefficient (Wildman–Crippen LogP) is 2.94. The Balaban J connectivity index is 1.88. The third-order valence-electron chi connectivity index (χ3n) is 2.95. The number of hydrogen-bond acceptors (Lipinski definition) is 4. The Morgan fingerprint density at radius 3 is 2.72 bits per heavy atom. The molecule has 0 aliphatic heterocycles. The number of benzene rings is 2. The number of nitrogens with zero attached hydrogens (tertiary/aromatic N) is 1. The van der Waals surface area contributed by atoms with Gasteiger partial charge < -0.3 is 10.4 Å². The maximum atomic E-state index is 13.0. The van der Waals surface area contributed by atoms with Crippen LogP contribution in [-0.4, -0.2) is 29.7 Å². The molecule has 2 aromatic rings. The maximum absolute atomic E-state index is 13.0. The molecule has 130 valence electrons. The van der Waals surface area contributed by atoms with Gasteiger partial charge in [-0.25, -0.2) is 9.82 Å². The molecular formula is C16H12Br2FN3O3. The molecule has 3 N–H and O–H groups in total. The van der Waals surface area contributed by atoms with E-state index in [1.54, 1.807) is 12.1 Å². The van der Waals surface area contributed by atoms with Gasteiger partial charge in [-0.3, -0.25) is 9.59 Å². The SMILES string of the molecule is O=C(CNC(=O)c1cccc(F)c1)NN=Cc1cc(Br)cc(Br)c1O. The lowest BCUT2D eigenvalue weighted by Gasteiger charge is -2.05. The van der Waals surface area contributed by atoms with Crippen molar-refractivity contribution >= 4 is 49.9 Å². The zero-order chi connectivity index (χ0) is 18.4. The predicted molar refractivity (Wildman–Crippen MR) is 98.0 cm³/mol. The Hall–Kier alpha value is -2.26. The minimum atomic E-state index is -0.577. The summed E-state index contributed by atoms with van der Waals surface area (Å²) in [6, 6.07) is 8.39. The quantitative estimate of drug-likeness (QED) is 0.461.